The van der Waals surface area contributed by atoms with Crippen LogP contribution in [0.5, 0.6) is 11.5 Å². The Morgan fingerprint density at radius 3 is 2.08 bits per heavy atom. The minimum absolute atomic E-state index is 0.00176. The molecule has 0 aliphatic carbocycles. The van der Waals surface area contributed by atoms with Crippen LogP contribution in [0.15, 0.2) is 12.1 Å². The van der Waals surface area contributed by atoms with E-state index in [2.05, 4.69) is 0 Å². The maximum atomic E-state index is 9.61. The van der Waals surface area contributed by atoms with E-state index in [1.54, 1.807) is 6.07 Å². The van der Waals surface area contributed by atoms with Gasteiger partial charge in [-0.3, -0.25) is 0 Å². The number of aryl methyl sites for hydroxylation is 1. The van der Waals surface area contributed by atoms with Gasteiger partial charge in [0.25, 0.3) is 0 Å². The fourth-order valence-corrected chi connectivity index (χ4v) is 1.33. The Kier molecular flexibility index (Phi) is 2.24. The Hall–Kier alpha value is -1.18. The first kappa shape index (κ1) is 9.90. The van der Waals surface area contributed by atoms with E-state index >= 15 is 0 Å². The van der Waals surface area contributed by atoms with Crippen molar-refractivity contribution in [3.8, 4) is 11.5 Å². The smallest absolute Gasteiger partial charge is 0.161 e. The molecule has 2 heteroatoms. The van der Waals surface area contributed by atoms with Crippen LogP contribution in [0.3, 0.4) is 0 Å². The Balaban J connectivity index is 3.37. The molecule has 0 aromatic heterocycles. The summed E-state index contributed by atoms with van der Waals surface area (Å²) in [6.45, 7) is 7.90. The summed E-state index contributed by atoms with van der Waals surface area (Å²) in [5.74, 6) is -0.0389. The minimum Gasteiger partial charge on any atom is -0.504 e. The maximum Gasteiger partial charge on any atom is 0.161 e. The topological polar surface area (TPSA) is 40.5 Å². The molecule has 0 radical (unpaired) electrons. The van der Waals surface area contributed by atoms with E-state index in [0.717, 1.165) is 11.1 Å². The summed E-state index contributed by atoms with van der Waals surface area (Å²) < 4.78 is 0. The molecule has 2 nitrogen and oxygen atoms in total. The van der Waals surface area contributed by atoms with Gasteiger partial charge in [-0.15, -0.1) is 0 Å². The maximum absolute atomic E-state index is 9.61. The Morgan fingerprint density at radius 1 is 1.08 bits per heavy atom. The van der Waals surface area contributed by atoms with Gasteiger partial charge in [0.15, 0.2) is 11.5 Å². The summed E-state index contributed by atoms with van der Waals surface area (Å²) in [4.78, 5) is 0. The molecule has 13 heavy (non-hydrogen) atoms. The number of rotatable bonds is 0. The van der Waals surface area contributed by atoms with E-state index in [1.807, 2.05) is 33.8 Å². The highest BCUT2D eigenvalue weighted by atomic mass is 16.3. The number of phenolic OH excluding ortho intramolecular Hbond substituents is 2. The van der Waals surface area contributed by atoms with E-state index in [1.165, 1.54) is 0 Å². The fraction of sp³-hybridized carbons (Fsp3) is 0.455. The van der Waals surface area contributed by atoms with E-state index in [4.69, 9.17) is 0 Å². The summed E-state index contributed by atoms with van der Waals surface area (Å²) in [5, 5.41) is 19.0. The van der Waals surface area contributed by atoms with Crippen molar-refractivity contribution < 1.29 is 10.2 Å². The molecule has 0 spiro atoms. The van der Waals surface area contributed by atoms with Crippen molar-refractivity contribution in [3.63, 3.8) is 0 Å². The monoisotopic (exact) mass is 180 g/mol. The molecule has 1 aromatic rings. The molecule has 0 aliphatic heterocycles. The van der Waals surface area contributed by atoms with Gasteiger partial charge in [0.2, 0.25) is 0 Å². The van der Waals surface area contributed by atoms with Crippen molar-refractivity contribution in [2.75, 3.05) is 0 Å². The summed E-state index contributed by atoms with van der Waals surface area (Å²) in [5.41, 5.74) is 1.60. The highest BCUT2D eigenvalue weighted by Gasteiger charge is 2.20. The molecule has 0 unspecified atom stereocenters. The fourth-order valence-electron chi connectivity index (χ4n) is 1.33. The number of benzene rings is 1. The first-order valence-electron chi connectivity index (χ1n) is 4.35. The zero-order valence-corrected chi connectivity index (χ0v) is 8.55. The van der Waals surface area contributed by atoms with Gasteiger partial charge in [-0.05, 0) is 24.0 Å². The Bertz CT molecular complexity index is 322. The molecule has 0 amide bonds. The van der Waals surface area contributed by atoms with Gasteiger partial charge in [-0.2, -0.15) is 0 Å². The van der Waals surface area contributed by atoms with Gasteiger partial charge < -0.3 is 10.2 Å². The van der Waals surface area contributed by atoms with Crippen molar-refractivity contribution in [1.29, 1.82) is 0 Å². The molecule has 72 valence electrons. The minimum atomic E-state index is -0.145. The molecule has 0 heterocycles. The lowest BCUT2D eigenvalue weighted by atomic mass is 9.85. The van der Waals surface area contributed by atoms with E-state index < -0.39 is 0 Å². The zero-order valence-electron chi connectivity index (χ0n) is 8.55. The number of aromatic hydroxyl groups is 2. The predicted octanol–water partition coefficient (Wildman–Crippen LogP) is 2.70. The molecule has 0 aliphatic rings. The van der Waals surface area contributed by atoms with Crippen LogP contribution >= 0.6 is 0 Å². The van der Waals surface area contributed by atoms with Gasteiger partial charge in [-0.25, -0.2) is 0 Å². The lowest BCUT2D eigenvalue weighted by Crippen LogP contribution is -2.11. The zero-order chi connectivity index (χ0) is 10.2. The van der Waals surface area contributed by atoms with Crippen molar-refractivity contribution in [1.82, 2.24) is 0 Å². The van der Waals surface area contributed by atoms with Gasteiger partial charge in [0.05, 0.1) is 0 Å². The van der Waals surface area contributed by atoms with Crippen LogP contribution in [0.2, 0.25) is 0 Å². The number of hydrogen-bond acceptors (Lipinski definition) is 2. The molecule has 0 atom stereocenters. The van der Waals surface area contributed by atoms with Crippen molar-refractivity contribution in [2.24, 2.45) is 0 Å². The summed E-state index contributed by atoms with van der Waals surface area (Å²) >= 11 is 0. The second-order valence-corrected chi connectivity index (χ2v) is 4.43. The quantitative estimate of drug-likeness (QED) is 0.603. The highest BCUT2D eigenvalue weighted by molar-refractivity contribution is 5.49. The molecular formula is C11H16O2. The summed E-state index contributed by atoms with van der Waals surface area (Å²) in [6, 6.07) is 3.46. The van der Waals surface area contributed by atoms with Crippen LogP contribution in [0, 0.1) is 6.92 Å². The normalized spacial score (nSPS) is 11.7. The molecular weight excluding hydrogens is 164 g/mol. The Labute approximate surface area is 78.8 Å². The van der Waals surface area contributed by atoms with Crippen LogP contribution in [0.1, 0.15) is 31.9 Å². The van der Waals surface area contributed by atoms with Gasteiger partial charge >= 0.3 is 0 Å². The van der Waals surface area contributed by atoms with E-state index in [9.17, 15) is 10.2 Å². The van der Waals surface area contributed by atoms with Crippen LogP contribution in [0.25, 0.3) is 0 Å². The third kappa shape index (κ3) is 1.94. The molecule has 1 rings (SSSR count). The lowest BCUT2D eigenvalue weighted by molar-refractivity contribution is 0.388. The van der Waals surface area contributed by atoms with Crippen LogP contribution in [0.4, 0.5) is 0 Å². The second-order valence-electron chi connectivity index (χ2n) is 4.43. The standard InChI is InChI=1S/C11H16O2/c1-7-5-8(11(2,3)4)10(13)9(12)6-7/h5-6,12-13H,1-4H3. The second kappa shape index (κ2) is 2.95. The van der Waals surface area contributed by atoms with E-state index in [-0.39, 0.29) is 16.9 Å². The van der Waals surface area contributed by atoms with Gasteiger partial charge in [0.1, 0.15) is 0 Å². The van der Waals surface area contributed by atoms with Crippen molar-refractivity contribution in [3.05, 3.63) is 23.3 Å². The average Bonchev–Trinajstić information content (AvgIpc) is 1.94. The van der Waals surface area contributed by atoms with Crippen LogP contribution < -0.4 is 0 Å². The third-order valence-corrected chi connectivity index (χ3v) is 2.04. The SMILES string of the molecule is Cc1cc(O)c(O)c(C(C)(C)C)c1. The number of hydrogen-bond donors (Lipinski definition) is 2. The van der Waals surface area contributed by atoms with Crippen molar-refractivity contribution >= 4 is 0 Å². The van der Waals surface area contributed by atoms with Gasteiger partial charge in [0, 0.05) is 5.56 Å². The molecule has 1 aromatic carbocycles. The summed E-state index contributed by atoms with van der Waals surface area (Å²) in [7, 11) is 0. The first-order valence-corrected chi connectivity index (χ1v) is 4.35. The van der Waals surface area contributed by atoms with Crippen LogP contribution in [-0.4, -0.2) is 10.2 Å². The van der Waals surface area contributed by atoms with E-state index in [0.29, 0.717) is 0 Å². The Morgan fingerprint density at radius 2 is 1.62 bits per heavy atom. The lowest BCUT2D eigenvalue weighted by Gasteiger charge is -2.21. The predicted molar refractivity (Wildman–Crippen MR) is 53.2 cm³/mol. The first-order chi connectivity index (χ1) is 5.82. The molecule has 0 saturated carbocycles. The molecule has 0 saturated heterocycles. The van der Waals surface area contributed by atoms with Crippen LogP contribution in [-0.2, 0) is 5.41 Å². The highest BCUT2D eigenvalue weighted by Crippen LogP contribution is 2.37. The number of phenols is 2. The molecule has 0 bridgehead atoms. The average molecular weight is 180 g/mol. The largest absolute Gasteiger partial charge is 0.504 e. The van der Waals surface area contributed by atoms with Crippen molar-refractivity contribution in [2.45, 2.75) is 33.1 Å². The molecule has 2 N–H and O–H groups in total. The summed E-state index contributed by atoms with van der Waals surface area (Å²) in [6.07, 6.45) is 0. The third-order valence-electron chi connectivity index (χ3n) is 2.04. The van der Waals surface area contributed by atoms with Gasteiger partial charge in [-0.1, -0.05) is 26.8 Å². The molecule has 0 fully saturated rings.